The molecule has 1 aliphatic rings. The van der Waals surface area contributed by atoms with Crippen LogP contribution < -0.4 is 14.8 Å². The van der Waals surface area contributed by atoms with Gasteiger partial charge in [0, 0.05) is 18.2 Å². The van der Waals surface area contributed by atoms with Crippen LogP contribution in [0, 0.1) is 0 Å². The van der Waals surface area contributed by atoms with E-state index in [1.807, 2.05) is 13.8 Å². The van der Waals surface area contributed by atoms with Crippen LogP contribution in [0.5, 0.6) is 11.5 Å². The van der Waals surface area contributed by atoms with Gasteiger partial charge in [0.2, 0.25) is 0 Å². The van der Waals surface area contributed by atoms with E-state index in [1.165, 1.54) is 32.4 Å². The van der Waals surface area contributed by atoms with Gasteiger partial charge in [-0.3, -0.25) is 0 Å². The van der Waals surface area contributed by atoms with Crippen LogP contribution in [-0.4, -0.2) is 59.9 Å². The molecule has 0 aliphatic carbocycles. The maximum absolute atomic E-state index is 13.1. The van der Waals surface area contributed by atoms with E-state index in [0.29, 0.717) is 5.75 Å². The van der Waals surface area contributed by atoms with Crippen molar-refractivity contribution in [3.63, 3.8) is 0 Å². The lowest BCUT2D eigenvalue weighted by molar-refractivity contribution is 0.354. The summed E-state index contributed by atoms with van der Waals surface area (Å²) in [7, 11) is -4.39. The lowest BCUT2D eigenvalue weighted by atomic mass is 10.2. The van der Waals surface area contributed by atoms with Crippen molar-refractivity contribution >= 4 is 19.7 Å². The molecule has 25 heavy (non-hydrogen) atoms. The molecule has 1 aromatic carbocycles. The summed E-state index contributed by atoms with van der Waals surface area (Å²) in [6.07, 6.45) is 0.777. The number of methoxy groups -OCH3 is 2. The average molecular weight is 392 g/mol. The fourth-order valence-corrected chi connectivity index (χ4v) is 7.62. The molecule has 142 valence electrons. The molecule has 0 saturated carbocycles. The minimum atomic E-state index is -3.85. The van der Waals surface area contributed by atoms with Crippen molar-refractivity contribution in [3.8, 4) is 11.5 Å². The van der Waals surface area contributed by atoms with Crippen LogP contribution in [0.4, 0.5) is 0 Å². The normalized spacial score (nSPS) is 24.0. The number of benzene rings is 1. The topological polar surface area (TPSA) is 98.8 Å². The largest absolute Gasteiger partial charge is 0.493 e. The second kappa shape index (κ2) is 7.51. The highest BCUT2D eigenvalue weighted by Crippen LogP contribution is 2.33. The van der Waals surface area contributed by atoms with Crippen LogP contribution in [0.25, 0.3) is 0 Å². The first kappa shape index (κ1) is 20.0. The molecule has 1 N–H and O–H groups in total. The molecule has 1 aliphatic heterocycles. The molecule has 0 radical (unpaired) electrons. The Balaban J connectivity index is 2.42. The van der Waals surface area contributed by atoms with Gasteiger partial charge in [-0.15, -0.1) is 0 Å². The molecule has 0 spiro atoms. The summed E-state index contributed by atoms with van der Waals surface area (Å²) < 4.78 is 60.6. The first-order valence-corrected chi connectivity index (χ1v) is 11.4. The highest BCUT2D eigenvalue weighted by atomic mass is 32.2. The van der Waals surface area contributed by atoms with Gasteiger partial charge in [-0.25, -0.2) is 16.8 Å². The average Bonchev–Trinajstić information content (AvgIpc) is 2.88. The number of hydrogen-bond donors (Lipinski definition) is 1. The van der Waals surface area contributed by atoms with Gasteiger partial charge in [0.1, 0.15) is 0 Å². The number of rotatable bonds is 7. The second-order valence-electron chi connectivity index (χ2n) is 6.26. The molecule has 1 fully saturated rings. The molecule has 2 rings (SSSR count). The van der Waals surface area contributed by atoms with Gasteiger partial charge in [0.15, 0.2) is 31.2 Å². The van der Waals surface area contributed by atoms with Crippen LogP contribution in [0.1, 0.15) is 20.3 Å². The van der Waals surface area contributed by atoms with E-state index in [9.17, 15) is 16.8 Å². The number of nitrogens with one attached hydrogen (secondary N) is 1. The van der Waals surface area contributed by atoms with Crippen LogP contribution in [0.3, 0.4) is 0 Å². The van der Waals surface area contributed by atoms with Crippen molar-refractivity contribution in [1.29, 1.82) is 0 Å². The Morgan fingerprint density at radius 3 is 2.40 bits per heavy atom. The van der Waals surface area contributed by atoms with E-state index in [4.69, 9.17) is 9.47 Å². The highest BCUT2D eigenvalue weighted by molar-refractivity contribution is 7.96. The summed E-state index contributed by atoms with van der Waals surface area (Å²) in [6.45, 7) is 3.87. The molecule has 1 saturated heterocycles. The van der Waals surface area contributed by atoms with Crippen LogP contribution in [0.15, 0.2) is 23.1 Å². The van der Waals surface area contributed by atoms with E-state index in [1.54, 1.807) is 0 Å². The Bertz CT molecular complexity index is 819. The van der Waals surface area contributed by atoms with Crippen molar-refractivity contribution in [1.82, 2.24) is 5.32 Å². The number of sulfone groups is 2. The van der Waals surface area contributed by atoms with Crippen molar-refractivity contribution in [2.45, 2.75) is 42.5 Å². The minimum absolute atomic E-state index is 0.0291. The second-order valence-corrected chi connectivity index (χ2v) is 10.6. The van der Waals surface area contributed by atoms with Gasteiger partial charge >= 0.3 is 0 Å². The zero-order valence-corrected chi connectivity index (χ0v) is 16.5. The monoisotopic (exact) mass is 391 g/mol. The lowest BCUT2D eigenvalue weighted by Crippen LogP contribution is -2.46. The zero-order valence-electron chi connectivity index (χ0n) is 14.9. The van der Waals surface area contributed by atoms with E-state index in [2.05, 4.69) is 5.32 Å². The lowest BCUT2D eigenvalue weighted by Gasteiger charge is -2.23. The molecule has 0 bridgehead atoms. The highest BCUT2D eigenvalue weighted by Gasteiger charge is 2.46. The third-order valence-electron chi connectivity index (χ3n) is 4.49. The van der Waals surface area contributed by atoms with Gasteiger partial charge in [0.05, 0.1) is 35.9 Å². The summed E-state index contributed by atoms with van der Waals surface area (Å²) in [4.78, 5) is 0.0307. The molecule has 3 atom stereocenters. The van der Waals surface area contributed by atoms with Gasteiger partial charge in [-0.05, 0) is 25.5 Å². The van der Waals surface area contributed by atoms with Crippen LogP contribution in [0.2, 0.25) is 0 Å². The summed E-state index contributed by atoms with van der Waals surface area (Å²) in [5.41, 5.74) is 0. The fourth-order valence-electron chi connectivity index (χ4n) is 2.93. The van der Waals surface area contributed by atoms with Gasteiger partial charge in [-0.1, -0.05) is 6.92 Å². The zero-order chi connectivity index (χ0) is 18.8. The molecule has 0 aromatic heterocycles. The minimum Gasteiger partial charge on any atom is -0.493 e. The number of ether oxygens (including phenoxy) is 2. The van der Waals surface area contributed by atoms with Gasteiger partial charge in [0.25, 0.3) is 0 Å². The Morgan fingerprint density at radius 1 is 1.20 bits per heavy atom. The van der Waals surface area contributed by atoms with E-state index >= 15 is 0 Å². The third kappa shape index (κ3) is 4.27. The smallest absolute Gasteiger partial charge is 0.183 e. The summed E-state index contributed by atoms with van der Waals surface area (Å²) in [6, 6.07) is 3.70. The van der Waals surface area contributed by atoms with E-state index in [0.717, 1.165) is 6.42 Å². The Hall–Kier alpha value is -1.32. The molecular formula is C16H25NO6S2. The maximum atomic E-state index is 13.1. The SMILES string of the molecule is CCC(C)N[C@H]1CS(=O)(=O)C[C@@H]1S(=O)(=O)c1ccc(OC)c(OC)c1. The van der Waals surface area contributed by atoms with Crippen molar-refractivity contribution in [2.75, 3.05) is 25.7 Å². The third-order valence-corrected chi connectivity index (χ3v) is 8.64. The Morgan fingerprint density at radius 2 is 1.84 bits per heavy atom. The maximum Gasteiger partial charge on any atom is 0.183 e. The van der Waals surface area contributed by atoms with Gasteiger partial charge < -0.3 is 14.8 Å². The quantitative estimate of drug-likeness (QED) is 0.741. The molecule has 1 heterocycles. The summed E-state index contributed by atoms with van der Waals surface area (Å²) >= 11 is 0. The van der Waals surface area contributed by atoms with Crippen molar-refractivity contribution < 1.29 is 26.3 Å². The van der Waals surface area contributed by atoms with Gasteiger partial charge in [-0.2, -0.15) is 0 Å². The first-order chi connectivity index (χ1) is 11.6. The molecule has 1 unspecified atom stereocenters. The first-order valence-electron chi connectivity index (χ1n) is 8.07. The predicted molar refractivity (Wildman–Crippen MR) is 95.9 cm³/mol. The molecular weight excluding hydrogens is 366 g/mol. The molecule has 1 aromatic rings. The summed E-state index contributed by atoms with van der Waals surface area (Å²) in [5.74, 6) is 0.150. The molecule has 7 nitrogen and oxygen atoms in total. The fraction of sp³-hybridized carbons (Fsp3) is 0.625. The predicted octanol–water partition coefficient (Wildman–Crippen LogP) is 1.03. The van der Waals surface area contributed by atoms with E-state index in [-0.39, 0.29) is 28.2 Å². The van der Waals surface area contributed by atoms with E-state index < -0.39 is 31.0 Å². The molecule has 0 amide bonds. The Kier molecular flexibility index (Phi) is 6.01. The molecule has 9 heteroatoms. The van der Waals surface area contributed by atoms with Crippen molar-refractivity contribution in [3.05, 3.63) is 18.2 Å². The summed E-state index contributed by atoms with van der Waals surface area (Å²) in [5, 5.41) is 2.12. The van der Waals surface area contributed by atoms with Crippen LogP contribution >= 0.6 is 0 Å². The number of hydrogen-bond acceptors (Lipinski definition) is 7. The van der Waals surface area contributed by atoms with Crippen molar-refractivity contribution in [2.24, 2.45) is 0 Å². The standard InChI is InChI=1S/C16H25NO6S2/c1-5-11(2)17-13-9-24(18,19)10-16(13)25(20,21)12-6-7-14(22-3)15(8-12)23-4/h6-8,11,13,16-17H,5,9-10H2,1-4H3/t11?,13-,16-/m0/s1. The Labute approximate surface area is 149 Å². The van der Waals surface area contributed by atoms with Crippen LogP contribution in [-0.2, 0) is 19.7 Å².